The van der Waals surface area contributed by atoms with E-state index in [2.05, 4.69) is 4.74 Å². The third kappa shape index (κ3) is 4.69. The van der Waals surface area contributed by atoms with E-state index in [1.54, 1.807) is 13.8 Å². The second-order valence-corrected chi connectivity index (χ2v) is 3.72. The summed E-state index contributed by atoms with van der Waals surface area (Å²) < 4.78 is 9.38. The van der Waals surface area contributed by atoms with E-state index in [0.29, 0.717) is 0 Å². The van der Waals surface area contributed by atoms with Gasteiger partial charge in [0.15, 0.2) is 0 Å². The summed E-state index contributed by atoms with van der Waals surface area (Å²) in [5, 5.41) is 11.1. The SMILES string of the molecule is CCOC(=O)/C=C/CC(CC)(C(=O)OCC)[N+](=O)[O-]. The van der Waals surface area contributed by atoms with Gasteiger partial charge in [-0.1, -0.05) is 13.0 Å². The van der Waals surface area contributed by atoms with Crippen LogP contribution in [0.4, 0.5) is 0 Å². The Balaban J connectivity index is 4.92. The molecule has 0 aromatic heterocycles. The first-order valence-electron chi connectivity index (χ1n) is 6.09. The molecule has 7 nitrogen and oxygen atoms in total. The molecule has 0 amide bonds. The second-order valence-electron chi connectivity index (χ2n) is 3.72. The molecule has 0 aromatic carbocycles. The van der Waals surface area contributed by atoms with Crippen LogP contribution in [-0.4, -0.2) is 35.6 Å². The first-order valence-corrected chi connectivity index (χ1v) is 6.09. The normalized spacial score (nSPS) is 13.8. The summed E-state index contributed by atoms with van der Waals surface area (Å²) in [6.07, 6.45) is 2.11. The summed E-state index contributed by atoms with van der Waals surface area (Å²) in [6, 6.07) is 0. The average Bonchev–Trinajstić information content (AvgIpc) is 2.35. The molecule has 7 heteroatoms. The number of esters is 2. The lowest BCUT2D eigenvalue weighted by atomic mass is 9.92. The molecule has 0 saturated carbocycles. The van der Waals surface area contributed by atoms with Crippen LogP contribution >= 0.6 is 0 Å². The molecule has 19 heavy (non-hydrogen) atoms. The largest absolute Gasteiger partial charge is 0.463 e. The minimum Gasteiger partial charge on any atom is -0.463 e. The lowest BCUT2D eigenvalue weighted by molar-refractivity contribution is -0.555. The Morgan fingerprint density at radius 1 is 1.21 bits per heavy atom. The number of nitrogens with zero attached hydrogens (tertiary/aromatic N) is 1. The molecule has 1 atom stereocenters. The quantitative estimate of drug-likeness (QED) is 0.288. The molecule has 0 N–H and O–H groups in total. The summed E-state index contributed by atoms with van der Waals surface area (Å²) in [7, 11) is 0. The van der Waals surface area contributed by atoms with E-state index in [1.807, 2.05) is 0 Å². The Hall–Kier alpha value is -1.92. The second kappa shape index (κ2) is 8.23. The molecule has 0 heterocycles. The summed E-state index contributed by atoms with van der Waals surface area (Å²) in [5.41, 5.74) is -1.85. The molecular weight excluding hydrogens is 254 g/mol. The van der Waals surface area contributed by atoms with Gasteiger partial charge in [-0.2, -0.15) is 0 Å². The lowest BCUT2D eigenvalue weighted by Gasteiger charge is -2.20. The van der Waals surface area contributed by atoms with Crippen molar-refractivity contribution < 1.29 is 24.0 Å². The zero-order valence-corrected chi connectivity index (χ0v) is 11.4. The van der Waals surface area contributed by atoms with Crippen LogP contribution in [0.1, 0.15) is 33.6 Å². The van der Waals surface area contributed by atoms with Gasteiger partial charge in [0.25, 0.3) is 0 Å². The van der Waals surface area contributed by atoms with E-state index in [4.69, 9.17) is 4.74 Å². The van der Waals surface area contributed by atoms with Crippen LogP contribution in [0, 0.1) is 10.1 Å². The van der Waals surface area contributed by atoms with E-state index in [-0.39, 0.29) is 26.1 Å². The van der Waals surface area contributed by atoms with Crippen molar-refractivity contribution in [2.24, 2.45) is 0 Å². The van der Waals surface area contributed by atoms with Crippen molar-refractivity contribution in [1.29, 1.82) is 0 Å². The van der Waals surface area contributed by atoms with Gasteiger partial charge in [-0.3, -0.25) is 10.1 Å². The van der Waals surface area contributed by atoms with Gasteiger partial charge in [0, 0.05) is 23.8 Å². The van der Waals surface area contributed by atoms with E-state index >= 15 is 0 Å². The van der Waals surface area contributed by atoms with Crippen LogP contribution in [0.3, 0.4) is 0 Å². The minimum absolute atomic E-state index is 0.0218. The highest BCUT2D eigenvalue weighted by Crippen LogP contribution is 2.22. The summed E-state index contributed by atoms with van der Waals surface area (Å²) in [5.74, 6) is -1.49. The molecule has 0 aliphatic carbocycles. The summed E-state index contributed by atoms with van der Waals surface area (Å²) in [4.78, 5) is 33.3. The molecule has 0 rings (SSSR count). The standard InChI is InChI=1S/C12H19NO6/c1-4-12(13(16)17,11(15)19-6-3)9-7-8-10(14)18-5-2/h7-8H,4-6,9H2,1-3H3/b8-7+. The Morgan fingerprint density at radius 2 is 1.79 bits per heavy atom. The van der Waals surface area contributed by atoms with Crippen molar-refractivity contribution >= 4 is 11.9 Å². The number of hydrogen-bond acceptors (Lipinski definition) is 6. The topological polar surface area (TPSA) is 95.7 Å². The van der Waals surface area contributed by atoms with E-state index in [0.717, 1.165) is 6.08 Å². The van der Waals surface area contributed by atoms with E-state index in [1.165, 1.54) is 13.0 Å². The number of carbonyl (C=O) groups is 2. The van der Waals surface area contributed by atoms with Gasteiger partial charge < -0.3 is 9.47 Å². The van der Waals surface area contributed by atoms with Crippen LogP contribution in [0.25, 0.3) is 0 Å². The molecule has 0 aliphatic heterocycles. The fraction of sp³-hybridized carbons (Fsp3) is 0.667. The average molecular weight is 273 g/mol. The van der Waals surface area contributed by atoms with Gasteiger partial charge in [0.2, 0.25) is 0 Å². The lowest BCUT2D eigenvalue weighted by Crippen LogP contribution is -2.46. The minimum atomic E-state index is -1.85. The Labute approximate surface area is 111 Å². The van der Waals surface area contributed by atoms with Crippen molar-refractivity contribution in [3.8, 4) is 0 Å². The fourth-order valence-electron chi connectivity index (χ4n) is 1.46. The highest BCUT2D eigenvalue weighted by atomic mass is 16.6. The Morgan fingerprint density at radius 3 is 2.21 bits per heavy atom. The molecule has 0 fully saturated rings. The van der Waals surface area contributed by atoms with Gasteiger partial charge in [0.05, 0.1) is 13.2 Å². The first-order chi connectivity index (χ1) is 8.94. The van der Waals surface area contributed by atoms with Gasteiger partial charge in [-0.05, 0) is 13.8 Å². The van der Waals surface area contributed by atoms with Crippen LogP contribution < -0.4 is 0 Å². The summed E-state index contributed by atoms with van der Waals surface area (Å²) >= 11 is 0. The number of hydrogen-bond donors (Lipinski definition) is 0. The third-order valence-electron chi connectivity index (χ3n) is 2.59. The smallest absolute Gasteiger partial charge is 0.385 e. The van der Waals surface area contributed by atoms with Crippen molar-refractivity contribution in [2.45, 2.75) is 39.2 Å². The first kappa shape index (κ1) is 17.1. The molecule has 0 saturated heterocycles. The number of carbonyl (C=O) groups excluding carboxylic acids is 2. The molecule has 0 radical (unpaired) electrons. The summed E-state index contributed by atoms with van der Waals surface area (Å²) in [6.45, 7) is 5.04. The van der Waals surface area contributed by atoms with Gasteiger partial charge >= 0.3 is 17.5 Å². The van der Waals surface area contributed by atoms with Crippen molar-refractivity contribution in [3.63, 3.8) is 0 Å². The van der Waals surface area contributed by atoms with Crippen LogP contribution in [0.15, 0.2) is 12.2 Å². The highest BCUT2D eigenvalue weighted by Gasteiger charge is 2.49. The van der Waals surface area contributed by atoms with Crippen LogP contribution in [0.2, 0.25) is 0 Å². The van der Waals surface area contributed by atoms with Crippen molar-refractivity contribution in [1.82, 2.24) is 0 Å². The van der Waals surface area contributed by atoms with Gasteiger partial charge in [0.1, 0.15) is 0 Å². The highest BCUT2D eigenvalue weighted by molar-refractivity contribution is 5.83. The zero-order chi connectivity index (χ0) is 14.9. The number of nitro groups is 1. The number of rotatable bonds is 8. The zero-order valence-electron chi connectivity index (χ0n) is 11.4. The molecule has 108 valence electrons. The van der Waals surface area contributed by atoms with Crippen LogP contribution in [0.5, 0.6) is 0 Å². The molecule has 0 aliphatic rings. The van der Waals surface area contributed by atoms with Gasteiger partial charge in [-0.15, -0.1) is 0 Å². The maximum absolute atomic E-state index is 11.7. The molecule has 0 bridgehead atoms. The van der Waals surface area contributed by atoms with Crippen molar-refractivity contribution in [3.05, 3.63) is 22.3 Å². The molecule has 0 aromatic rings. The monoisotopic (exact) mass is 273 g/mol. The molecule has 0 spiro atoms. The van der Waals surface area contributed by atoms with E-state index < -0.39 is 22.4 Å². The van der Waals surface area contributed by atoms with Crippen LogP contribution in [-0.2, 0) is 19.1 Å². The maximum Gasteiger partial charge on any atom is 0.385 e. The fourth-order valence-corrected chi connectivity index (χ4v) is 1.46. The predicted molar refractivity (Wildman–Crippen MR) is 67.0 cm³/mol. The van der Waals surface area contributed by atoms with Gasteiger partial charge in [-0.25, -0.2) is 9.59 Å². The Bertz CT molecular complexity index is 365. The third-order valence-corrected chi connectivity index (χ3v) is 2.59. The van der Waals surface area contributed by atoms with Crippen molar-refractivity contribution in [2.75, 3.05) is 13.2 Å². The molecule has 1 unspecified atom stereocenters. The Kier molecular flexibility index (Phi) is 7.40. The maximum atomic E-state index is 11.7. The number of ether oxygens (including phenoxy) is 2. The molecular formula is C12H19NO6. The van der Waals surface area contributed by atoms with E-state index in [9.17, 15) is 19.7 Å². The predicted octanol–water partition coefficient (Wildman–Crippen LogP) is 1.48.